The summed E-state index contributed by atoms with van der Waals surface area (Å²) in [5, 5.41) is 0. The van der Waals surface area contributed by atoms with E-state index in [1.807, 2.05) is 0 Å². The summed E-state index contributed by atoms with van der Waals surface area (Å²) in [4.78, 5) is 0. The van der Waals surface area contributed by atoms with Crippen molar-refractivity contribution in [1.82, 2.24) is 4.57 Å². The molecule has 0 spiro atoms. The number of aryl methyl sites for hydroxylation is 1. The summed E-state index contributed by atoms with van der Waals surface area (Å²) >= 11 is 0. The fraction of sp³-hybridized carbons (Fsp3) is 0.158. The van der Waals surface area contributed by atoms with Gasteiger partial charge in [-0.3, -0.25) is 0 Å². The van der Waals surface area contributed by atoms with Gasteiger partial charge in [0.05, 0.1) is 5.69 Å². The predicted molar refractivity (Wildman–Crippen MR) is 83.6 cm³/mol. The van der Waals surface area contributed by atoms with Gasteiger partial charge in [-0.25, -0.2) is 0 Å². The fourth-order valence-corrected chi connectivity index (χ4v) is 3.23. The van der Waals surface area contributed by atoms with E-state index in [9.17, 15) is 0 Å². The van der Waals surface area contributed by atoms with E-state index in [2.05, 4.69) is 71.3 Å². The van der Waals surface area contributed by atoms with E-state index in [4.69, 9.17) is 0 Å². The lowest BCUT2D eigenvalue weighted by Gasteiger charge is -2.10. The lowest BCUT2D eigenvalue weighted by molar-refractivity contribution is 0.757. The van der Waals surface area contributed by atoms with Crippen molar-refractivity contribution in [3.8, 4) is 22.4 Å². The maximum Gasteiger partial charge on any atom is 0.0562 e. The van der Waals surface area contributed by atoms with Crippen molar-refractivity contribution in [3.05, 3.63) is 72.4 Å². The van der Waals surface area contributed by atoms with Crippen LogP contribution in [0.4, 0.5) is 0 Å². The van der Waals surface area contributed by atoms with Gasteiger partial charge in [0.1, 0.15) is 0 Å². The van der Waals surface area contributed by atoms with Crippen molar-refractivity contribution in [2.24, 2.45) is 0 Å². The highest BCUT2D eigenvalue weighted by Gasteiger charge is 2.20. The number of fused-ring (bicyclic) bond motifs is 1. The summed E-state index contributed by atoms with van der Waals surface area (Å²) in [6, 6.07) is 23.9. The molecule has 0 fully saturated rings. The van der Waals surface area contributed by atoms with Crippen LogP contribution < -0.4 is 0 Å². The first-order chi connectivity index (χ1) is 9.93. The molecule has 1 aliphatic heterocycles. The highest BCUT2D eigenvalue weighted by atomic mass is 15.0. The maximum atomic E-state index is 2.50. The zero-order valence-electron chi connectivity index (χ0n) is 11.4. The van der Waals surface area contributed by atoms with Gasteiger partial charge in [-0.1, -0.05) is 60.7 Å². The molecule has 2 heterocycles. The Morgan fingerprint density at radius 2 is 1.40 bits per heavy atom. The third-order valence-electron chi connectivity index (χ3n) is 4.13. The van der Waals surface area contributed by atoms with Gasteiger partial charge in [0.2, 0.25) is 0 Å². The Morgan fingerprint density at radius 3 is 2.10 bits per heavy atom. The molecule has 1 aliphatic rings. The third-order valence-corrected chi connectivity index (χ3v) is 4.13. The van der Waals surface area contributed by atoms with E-state index in [1.165, 1.54) is 40.9 Å². The van der Waals surface area contributed by atoms with Crippen molar-refractivity contribution in [2.45, 2.75) is 19.4 Å². The molecule has 0 unspecified atom stereocenters. The summed E-state index contributed by atoms with van der Waals surface area (Å²) in [5.74, 6) is 0. The number of rotatable bonds is 2. The summed E-state index contributed by atoms with van der Waals surface area (Å²) in [7, 11) is 0. The first-order valence-electron chi connectivity index (χ1n) is 7.27. The van der Waals surface area contributed by atoms with Gasteiger partial charge < -0.3 is 4.57 Å². The Bertz CT molecular complexity index is 723. The lowest BCUT2D eigenvalue weighted by atomic mass is 10.0. The number of nitrogens with zero attached hydrogens (tertiary/aromatic N) is 1. The Labute approximate surface area is 119 Å². The average Bonchev–Trinajstić information content (AvgIpc) is 3.09. The van der Waals surface area contributed by atoms with E-state index in [0.717, 1.165) is 6.54 Å². The fourth-order valence-electron chi connectivity index (χ4n) is 3.23. The van der Waals surface area contributed by atoms with Crippen LogP contribution >= 0.6 is 0 Å². The van der Waals surface area contributed by atoms with Crippen LogP contribution in [-0.2, 0) is 13.0 Å². The van der Waals surface area contributed by atoms with Crippen molar-refractivity contribution >= 4 is 0 Å². The molecule has 0 bridgehead atoms. The van der Waals surface area contributed by atoms with Crippen LogP contribution in [0.5, 0.6) is 0 Å². The van der Waals surface area contributed by atoms with Gasteiger partial charge >= 0.3 is 0 Å². The van der Waals surface area contributed by atoms with Gasteiger partial charge in [0, 0.05) is 17.8 Å². The Balaban J connectivity index is 1.97. The second-order valence-electron chi connectivity index (χ2n) is 5.39. The van der Waals surface area contributed by atoms with E-state index in [0.29, 0.717) is 0 Å². The van der Waals surface area contributed by atoms with E-state index in [-0.39, 0.29) is 0 Å². The van der Waals surface area contributed by atoms with Crippen LogP contribution in [0.1, 0.15) is 12.1 Å². The lowest BCUT2D eigenvalue weighted by Crippen LogP contribution is -1.96. The topological polar surface area (TPSA) is 4.93 Å². The third kappa shape index (κ3) is 1.78. The van der Waals surface area contributed by atoms with Crippen molar-refractivity contribution in [3.63, 3.8) is 0 Å². The Hall–Kier alpha value is -2.28. The zero-order chi connectivity index (χ0) is 13.4. The molecule has 20 heavy (non-hydrogen) atoms. The monoisotopic (exact) mass is 259 g/mol. The second kappa shape index (κ2) is 4.68. The van der Waals surface area contributed by atoms with Crippen molar-refractivity contribution < 1.29 is 0 Å². The number of hydrogen-bond acceptors (Lipinski definition) is 0. The van der Waals surface area contributed by atoms with E-state index < -0.39 is 0 Å². The van der Waals surface area contributed by atoms with E-state index >= 15 is 0 Å². The van der Waals surface area contributed by atoms with Gasteiger partial charge in [-0.15, -0.1) is 0 Å². The molecule has 1 aromatic heterocycles. The Morgan fingerprint density at radius 1 is 0.750 bits per heavy atom. The van der Waals surface area contributed by atoms with E-state index in [1.54, 1.807) is 0 Å². The number of benzene rings is 2. The highest BCUT2D eigenvalue weighted by molar-refractivity contribution is 5.82. The van der Waals surface area contributed by atoms with Crippen molar-refractivity contribution in [1.29, 1.82) is 0 Å². The molecule has 0 aliphatic carbocycles. The van der Waals surface area contributed by atoms with Crippen LogP contribution in [0.15, 0.2) is 66.7 Å². The molecule has 98 valence electrons. The summed E-state index contributed by atoms with van der Waals surface area (Å²) < 4.78 is 2.50. The molecule has 0 radical (unpaired) electrons. The largest absolute Gasteiger partial charge is 0.344 e. The molecule has 0 amide bonds. The molecule has 0 N–H and O–H groups in total. The van der Waals surface area contributed by atoms with Gasteiger partial charge in [0.15, 0.2) is 0 Å². The minimum absolute atomic E-state index is 1.15. The van der Waals surface area contributed by atoms with Crippen LogP contribution in [0, 0.1) is 0 Å². The minimum Gasteiger partial charge on any atom is -0.344 e. The average molecular weight is 259 g/mol. The second-order valence-corrected chi connectivity index (χ2v) is 5.39. The SMILES string of the molecule is c1ccc(-c2cc3n(c2-c2ccccc2)CCC3)cc1. The summed E-state index contributed by atoms with van der Waals surface area (Å²) in [6.45, 7) is 1.15. The summed E-state index contributed by atoms with van der Waals surface area (Å²) in [5.41, 5.74) is 6.85. The first-order valence-corrected chi connectivity index (χ1v) is 7.27. The van der Waals surface area contributed by atoms with Crippen LogP contribution in [0.25, 0.3) is 22.4 Å². The molecule has 2 aromatic carbocycles. The molecule has 0 saturated carbocycles. The predicted octanol–water partition coefficient (Wildman–Crippen LogP) is 4.77. The van der Waals surface area contributed by atoms with Crippen LogP contribution in [0.3, 0.4) is 0 Å². The van der Waals surface area contributed by atoms with Crippen LogP contribution in [0.2, 0.25) is 0 Å². The van der Waals surface area contributed by atoms with Crippen molar-refractivity contribution in [2.75, 3.05) is 0 Å². The van der Waals surface area contributed by atoms with Gasteiger partial charge in [-0.05, 0) is 30.0 Å². The quantitative estimate of drug-likeness (QED) is 0.625. The maximum absolute atomic E-state index is 2.50. The zero-order valence-corrected chi connectivity index (χ0v) is 11.4. The minimum atomic E-state index is 1.15. The molecular weight excluding hydrogens is 242 g/mol. The Kier molecular flexibility index (Phi) is 2.70. The molecule has 1 nitrogen and oxygen atoms in total. The van der Waals surface area contributed by atoms with Gasteiger partial charge in [0.25, 0.3) is 0 Å². The number of hydrogen-bond donors (Lipinski definition) is 0. The molecular formula is C19H17N. The molecule has 4 rings (SSSR count). The molecule has 0 saturated heterocycles. The summed E-state index contributed by atoms with van der Waals surface area (Å²) in [6.07, 6.45) is 2.47. The molecule has 1 heteroatoms. The molecule has 0 atom stereocenters. The smallest absolute Gasteiger partial charge is 0.0562 e. The van der Waals surface area contributed by atoms with Gasteiger partial charge in [-0.2, -0.15) is 0 Å². The molecule has 3 aromatic rings. The normalized spacial score (nSPS) is 13.4. The van der Waals surface area contributed by atoms with Crippen LogP contribution in [-0.4, -0.2) is 4.57 Å². The first kappa shape index (κ1) is 11.5. The number of aromatic nitrogens is 1. The standard InChI is InChI=1S/C19H17N/c1-3-8-15(9-4-1)18-14-17-12-7-13-20(17)19(18)16-10-5-2-6-11-16/h1-6,8-11,14H,7,12-13H2. The highest BCUT2D eigenvalue weighted by Crippen LogP contribution is 2.37.